The van der Waals surface area contributed by atoms with Crippen molar-refractivity contribution in [1.82, 2.24) is 10.2 Å². The van der Waals surface area contributed by atoms with E-state index in [-0.39, 0.29) is 5.91 Å². The number of hydrogen-bond donors (Lipinski definition) is 1. The van der Waals surface area contributed by atoms with E-state index in [4.69, 9.17) is 4.42 Å². The molecule has 22 heavy (non-hydrogen) atoms. The first-order valence-corrected chi connectivity index (χ1v) is 7.57. The molecule has 2 rings (SSSR count). The molecule has 4 heteroatoms. The number of rotatable bonds is 6. The van der Waals surface area contributed by atoms with Crippen molar-refractivity contribution >= 4 is 5.91 Å². The topological polar surface area (TPSA) is 45.5 Å². The molecule has 4 nitrogen and oxygen atoms in total. The fourth-order valence-corrected chi connectivity index (χ4v) is 2.10. The van der Waals surface area contributed by atoms with Crippen molar-refractivity contribution in [3.05, 3.63) is 59.0 Å². The quantitative estimate of drug-likeness (QED) is 0.889. The van der Waals surface area contributed by atoms with Gasteiger partial charge in [0.1, 0.15) is 0 Å². The average Bonchev–Trinajstić information content (AvgIpc) is 2.92. The van der Waals surface area contributed by atoms with Gasteiger partial charge in [0.05, 0.1) is 6.26 Å². The second kappa shape index (κ2) is 7.27. The maximum atomic E-state index is 12.0. The molecule has 2 aromatic rings. The summed E-state index contributed by atoms with van der Waals surface area (Å²) in [4.78, 5) is 14.3. The minimum absolute atomic E-state index is 0.175. The summed E-state index contributed by atoms with van der Waals surface area (Å²) in [6, 6.07) is 10.6. The van der Waals surface area contributed by atoms with E-state index in [2.05, 4.69) is 55.4 Å². The molecule has 0 saturated carbocycles. The van der Waals surface area contributed by atoms with Crippen LogP contribution in [0.25, 0.3) is 0 Å². The van der Waals surface area contributed by atoms with Crippen LogP contribution in [0.15, 0.2) is 41.0 Å². The fraction of sp³-hybridized carbons (Fsp3) is 0.389. The largest absolute Gasteiger partial charge is 0.459 e. The van der Waals surface area contributed by atoms with Crippen molar-refractivity contribution < 1.29 is 9.21 Å². The van der Waals surface area contributed by atoms with Crippen LogP contribution in [0, 0.1) is 6.92 Å². The lowest BCUT2D eigenvalue weighted by Gasteiger charge is -2.21. The van der Waals surface area contributed by atoms with E-state index in [1.165, 1.54) is 11.8 Å². The van der Waals surface area contributed by atoms with Crippen LogP contribution >= 0.6 is 0 Å². The van der Waals surface area contributed by atoms with Crippen LogP contribution in [0.4, 0.5) is 0 Å². The molecule has 1 aromatic heterocycles. The number of aryl methyl sites for hydroxylation is 1. The third-order valence-corrected chi connectivity index (χ3v) is 3.86. The predicted octanol–water partition coefficient (Wildman–Crippen LogP) is 3.36. The van der Waals surface area contributed by atoms with Crippen LogP contribution in [0.2, 0.25) is 0 Å². The summed E-state index contributed by atoms with van der Waals surface area (Å²) in [5.41, 5.74) is 3.20. The van der Waals surface area contributed by atoms with Gasteiger partial charge in [0.15, 0.2) is 5.76 Å². The molecule has 0 atom stereocenters. The highest BCUT2D eigenvalue weighted by atomic mass is 16.3. The Morgan fingerprint density at radius 3 is 2.36 bits per heavy atom. The lowest BCUT2D eigenvalue weighted by Crippen LogP contribution is -2.25. The summed E-state index contributed by atoms with van der Waals surface area (Å²) in [5.74, 6) is 0.210. The highest BCUT2D eigenvalue weighted by Crippen LogP contribution is 2.10. The molecule has 1 amide bonds. The molecule has 1 heterocycles. The number of nitrogens with one attached hydrogen (secondary N) is 1. The summed E-state index contributed by atoms with van der Waals surface area (Å²) < 4.78 is 5.18. The number of hydrogen-bond acceptors (Lipinski definition) is 3. The highest BCUT2D eigenvalue weighted by Gasteiger charge is 2.11. The number of carbonyl (C=O) groups excluding carboxylic acids is 1. The number of nitrogens with zero attached hydrogens (tertiary/aromatic N) is 1. The zero-order valence-electron chi connectivity index (χ0n) is 13.7. The molecular weight excluding hydrogens is 276 g/mol. The highest BCUT2D eigenvalue weighted by molar-refractivity contribution is 5.92. The standard InChI is InChI=1S/C18H24N2O2/c1-13(2)20(4)12-16-7-5-15(6-8-16)11-19-18(21)17-14(3)9-10-22-17/h5-10,13H,11-12H2,1-4H3,(H,19,21). The predicted molar refractivity (Wildman–Crippen MR) is 87.7 cm³/mol. The van der Waals surface area contributed by atoms with Gasteiger partial charge in [-0.25, -0.2) is 0 Å². The third-order valence-electron chi connectivity index (χ3n) is 3.86. The summed E-state index contributed by atoms with van der Waals surface area (Å²) in [7, 11) is 2.12. The second-order valence-electron chi connectivity index (χ2n) is 5.94. The lowest BCUT2D eigenvalue weighted by molar-refractivity contribution is 0.0922. The van der Waals surface area contributed by atoms with E-state index in [1.54, 1.807) is 6.07 Å². The minimum Gasteiger partial charge on any atom is -0.459 e. The van der Waals surface area contributed by atoms with Crippen LogP contribution in [-0.2, 0) is 13.1 Å². The normalized spacial score (nSPS) is 11.2. The van der Waals surface area contributed by atoms with E-state index in [9.17, 15) is 4.79 Å². The van der Waals surface area contributed by atoms with Crippen LogP contribution in [0.1, 0.15) is 41.1 Å². The first-order chi connectivity index (χ1) is 10.5. The molecule has 0 aliphatic rings. The molecule has 0 bridgehead atoms. The molecule has 1 N–H and O–H groups in total. The summed E-state index contributed by atoms with van der Waals surface area (Å²) in [6.07, 6.45) is 1.53. The van der Waals surface area contributed by atoms with Crippen LogP contribution in [0.5, 0.6) is 0 Å². The number of benzene rings is 1. The fourth-order valence-electron chi connectivity index (χ4n) is 2.10. The maximum absolute atomic E-state index is 12.0. The van der Waals surface area contributed by atoms with Gasteiger partial charge in [-0.3, -0.25) is 9.69 Å². The number of furan rings is 1. The van der Waals surface area contributed by atoms with Crippen LogP contribution in [-0.4, -0.2) is 23.9 Å². The summed E-state index contributed by atoms with van der Waals surface area (Å²) in [5, 5.41) is 2.88. The Labute approximate surface area is 132 Å². The Bertz CT molecular complexity index is 614. The van der Waals surface area contributed by atoms with E-state index in [1.807, 2.05) is 6.92 Å². The third kappa shape index (κ3) is 4.21. The van der Waals surface area contributed by atoms with Crippen molar-refractivity contribution in [3.63, 3.8) is 0 Å². The average molecular weight is 300 g/mol. The molecule has 0 aliphatic heterocycles. The molecule has 0 unspecified atom stereocenters. The Morgan fingerprint density at radius 1 is 1.18 bits per heavy atom. The van der Waals surface area contributed by atoms with Gasteiger partial charge in [-0.15, -0.1) is 0 Å². The van der Waals surface area contributed by atoms with E-state index >= 15 is 0 Å². The Morgan fingerprint density at radius 2 is 1.82 bits per heavy atom. The zero-order valence-corrected chi connectivity index (χ0v) is 13.7. The van der Waals surface area contributed by atoms with Crippen molar-refractivity contribution in [2.45, 2.75) is 39.9 Å². The van der Waals surface area contributed by atoms with Gasteiger partial charge in [0.25, 0.3) is 5.91 Å². The molecular formula is C18H24N2O2. The molecule has 0 aliphatic carbocycles. The molecule has 0 saturated heterocycles. The Kier molecular flexibility index (Phi) is 5.39. The van der Waals surface area contributed by atoms with Crippen molar-refractivity contribution in [3.8, 4) is 0 Å². The maximum Gasteiger partial charge on any atom is 0.287 e. The van der Waals surface area contributed by atoms with Crippen molar-refractivity contribution in [2.75, 3.05) is 7.05 Å². The molecule has 1 aromatic carbocycles. The first-order valence-electron chi connectivity index (χ1n) is 7.57. The van der Waals surface area contributed by atoms with Crippen molar-refractivity contribution in [1.29, 1.82) is 0 Å². The van der Waals surface area contributed by atoms with Gasteiger partial charge >= 0.3 is 0 Å². The Hall–Kier alpha value is -2.07. The van der Waals surface area contributed by atoms with Gasteiger partial charge < -0.3 is 9.73 Å². The van der Waals surface area contributed by atoms with Gasteiger partial charge in [-0.1, -0.05) is 24.3 Å². The Balaban J connectivity index is 1.89. The summed E-state index contributed by atoms with van der Waals surface area (Å²) >= 11 is 0. The van der Waals surface area contributed by atoms with E-state index < -0.39 is 0 Å². The van der Waals surface area contributed by atoms with Crippen LogP contribution < -0.4 is 5.32 Å². The van der Waals surface area contributed by atoms with E-state index in [0.29, 0.717) is 18.3 Å². The van der Waals surface area contributed by atoms with Crippen molar-refractivity contribution in [2.24, 2.45) is 0 Å². The molecule has 0 fully saturated rings. The van der Waals surface area contributed by atoms with Gasteiger partial charge in [-0.05, 0) is 45.0 Å². The molecule has 0 spiro atoms. The SMILES string of the molecule is Cc1ccoc1C(=O)NCc1ccc(CN(C)C(C)C)cc1. The van der Waals surface area contributed by atoms with Crippen LogP contribution in [0.3, 0.4) is 0 Å². The van der Waals surface area contributed by atoms with Gasteiger partial charge in [-0.2, -0.15) is 0 Å². The van der Waals surface area contributed by atoms with Gasteiger partial charge in [0.2, 0.25) is 0 Å². The number of carbonyl (C=O) groups is 1. The smallest absolute Gasteiger partial charge is 0.287 e. The number of amides is 1. The molecule has 118 valence electrons. The van der Waals surface area contributed by atoms with Gasteiger partial charge in [0, 0.05) is 24.7 Å². The minimum atomic E-state index is -0.175. The zero-order chi connectivity index (χ0) is 16.1. The lowest BCUT2D eigenvalue weighted by atomic mass is 10.1. The van der Waals surface area contributed by atoms with E-state index in [0.717, 1.165) is 17.7 Å². The first kappa shape index (κ1) is 16.3. The molecule has 0 radical (unpaired) electrons. The monoisotopic (exact) mass is 300 g/mol. The second-order valence-corrected chi connectivity index (χ2v) is 5.94. The summed E-state index contributed by atoms with van der Waals surface area (Å²) in [6.45, 7) is 7.65.